The molecule has 6 heteroatoms. The minimum atomic E-state index is -5.41. The van der Waals surface area contributed by atoms with Gasteiger partial charge in [-0.15, -0.1) is 0 Å². The number of alkyl halides is 5. The zero-order valence-electron chi connectivity index (χ0n) is 18.1. The van der Waals surface area contributed by atoms with Crippen molar-refractivity contribution in [3.63, 3.8) is 0 Å². The fourth-order valence-corrected chi connectivity index (χ4v) is 2.94. The van der Waals surface area contributed by atoms with Crippen LogP contribution in [-0.4, -0.2) is 25.3 Å². The first-order chi connectivity index (χ1) is 13.0. The average Bonchev–Trinajstić information content (AvgIpc) is 2.55. The van der Waals surface area contributed by atoms with Crippen molar-refractivity contribution in [2.24, 2.45) is 5.41 Å². The van der Waals surface area contributed by atoms with Gasteiger partial charge in [0.2, 0.25) is 0 Å². The van der Waals surface area contributed by atoms with Crippen LogP contribution in [0.1, 0.15) is 111 Å². The second-order valence-corrected chi connectivity index (χ2v) is 9.12. The minimum Gasteiger partial charge on any atom is -0.381 e. The molecule has 0 radical (unpaired) electrons. The second kappa shape index (κ2) is 14.6. The summed E-state index contributed by atoms with van der Waals surface area (Å²) in [4.78, 5) is 0. The largest absolute Gasteiger partial charge is 0.453 e. The topological polar surface area (TPSA) is 9.23 Å². The molecule has 0 N–H and O–H groups in total. The van der Waals surface area contributed by atoms with E-state index in [9.17, 15) is 22.0 Å². The standard InChI is InChI=1S/C22H41F5O/c1-20(2,3)17-19-28-18-15-13-11-9-7-5-4-6-8-10-12-14-16-21(23,24)22(25,26)27/h4-19H2,1-3H3. The van der Waals surface area contributed by atoms with Crippen molar-refractivity contribution in [2.45, 2.75) is 123 Å². The Morgan fingerprint density at radius 2 is 0.893 bits per heavy atom. The van der Waals surface area contributed by atoms with Gasteiger partial charge in [0.25, 0.3) is 0 Å². The number of halogens is 5. The molecule has 0 bridgehead atoms. The minimum absolute atomic E-state index is 0.0631. The number of rotatable bonds is 17. The molecular weight excluding hydrogens is 375 g/mol. The van der Waals surface area contributed by atoms with Crippen molar-refractivity contribution >= 4 is 0 Å². The van der Waals surface area contributed by atoms with Crippen LogP contribution < -0.4 is 0 Å². The van der Waals surface area contributed by atoms with Crippen molar-refractivity contribution < 1.29 is 26.7 Å². The third-order valence-corrected chi connectivity index (χ3v) is 4.94. The summed E-state index contributed by atoms with van der Waals surface area (Å²) in [6.07, 6.45) is 5.98. The molecule has 0 aliphatic rings. The van der Waals surface area contributed by atoms with Gasteiger partial charge in [0.05, 0.1) is 0 Å². The maximum Gasteiger partial charge on any atom is 0.453 e. The smallest absolute Gasteiger partial charge is 0.381 e. The molecule has 0 heterocycles. The molecule has 0 spiro atoms. The van der Waals surface area contributed by atoms with Crippen LogP contribution >= 0.6 is 0 Å². The molecule has 0 aliphatic carbocycles. The van der Waals surface area contributed by atoms with Crippen molar-refractivity contribution in [3.05, 3.63) is 0 Å². The Labute approximate surface area is 168 Å². The highest BCUT2D eigenvalue weighted by Gasteiger charge is 2.56. The average molecular weight is 417 g/mol. The number of ether oxygens (including phenoxy) is 1. The lowest BCUT2D eigenvalue weighted by Gasteiger charge is -2.19. The molecule has 0 atom stereocenters. The summed E-state index contributed by atoms with van der Waals surface area (Å²) in [5.74, 6) is -4.54. The van der Waals surface area contributed by atoms with Gasteiger partial charge < -0.3 is 4.74 Å². The Hall–Kier alpha value is -0.390. The monoisotopic (exact) mass is 416 g/mol. The normalized spacial score (nSPS) is 13.3. The van der Waals surface area contributed by atoms with Gasteiger partial charge in [-0.2, -0.15) is 22.0 Å². The molecule has 0 saturated carbocycles. The van der Waals surface area contributed by atoms with Crippen LogP contribution in [0.4, 0.5) is 22.0 Å². The van der Waals surface area contributed by atoms with Crippen molar-refractivity contribution in [1.82, 2.24) is 0 Å². The van der Waals surface area contributed by atoms with E-state index in [4.69, 9.17) is 4.74 Å². The molecule has 0 aromatic heterocycles. The zero-order valence-corrected chi connectivity index (χ0v) is 18.1. The Morgan fingerprint density at radius 1 is 0.500 bits per heavy atom. The van der Waals surface area contributed by atoms with Crippen LogP contribution in [0.15, 0.2) is 0 Å². The first-order valence-corrected chi connectivity index (χ1v) is 11.0. The molecule has 0 amide bonds. The van der Waals surface area contributed by atoms with E-state index in [0.717, 1.165) is 51.7 Å². The van der Waals surface area contributed by atoms with E-state index in [-0.39, 0.29) is 6.42 Å². The molecule has 28 heavy (non-hydrogen) atoms. The van der Waals surface area contributed by atoms with E-state index in [1.165, 1.54) is 32.1 Å². The van der Waals surface area contributed by atoms with Crippen LogP contribution in [0.25, 0.3) is 0 Å². The second-order valence-electron chi connectivity index (χ2n) is 9.12. The van der Waals surface area contributed by atoms with Crippen molar-refractivity contribution in [1.29, 1.82) is 0 Å². The maximum absolute atomic E-state index is 12.7. The molecule has 1 nitrogen and oxygen atoms in total. The third-order valence-electron chi connectivity index (χ3n) is 4.94. The SMILES string of the molecule is CC(C)(C)CCOCCCCCCCCCCCCCCC(F)(F)C(F)(F)F. The van der Waals surface area contributed by atoms with Crippen LogP contribution in [-0.2, 0) is 4.74 Å². The van der Waals surface area contributed by atoms with E-state index in [1.807, 2.05) is 0 Å². The Kier molecular flexibility index (Phi) is 14.4. The molecule has 0 fully saturated rings. The molecule has 0 rings (SSSR count). The zero-order chi connectivity index (χ0) is 21.5. The summed E-state index contributed by atoms with van der Waals surface area (Å²) in [6.45, 7) is 8.35. The predicted octanol–water partition coefficient (Wildman–Crippen LogP) is 8.71. The van der Waals surface area contributed by atoms with E-state index in [0.29, 0.717) is 11.8 Å². The highest BCUT2D eigenvalue weighted by atomic mass is 19.4. The Morgan fingerprint density at radius 3 is 1.29 bits per heavy atom. The van der Waals surface area contributed by atoms with Gasteiger partial charge >= 0.3 is 12.1 Å². The first kappa shape index (κ1) is 27.6. The Balaban J connectivity index is 3.24. The number of hydrogen-bond acceptors (Lipinski definition) is 1. The fraction of sp³-hybridized carbons (Fsp3) is 1.00. The lowest BCUT2D eigenvalue weighted by atomic mass is 9.93. The molecule has 0 unspecified atom stereocenters. The highest BCUT2D eigenvalue weighted by molar-refractivity contribution is 4.75. The quantitative estimate of drug-likeness (QED) is 0.170. The van der Waals surface area contributed by atoms with E-state index >= 15 is 0 Å². The first-order valence-electron chi connectivity index (χ1n) is 11.0. The van der Waals surface area contributed by atoms with Crippen LogP contribution in [0.2, 0.25) is 0 Å². The molecule has 0 aliphatic heterocycles. The summed E-state index contributed by atoms with van der Waals surface area (Å²) in [7, 11) is 0. The molecule has 0 aromatic rings. The van der Waals surface area contributed by atoms with Gasteiger partial charge in [0.1, 0.15) is 0 Å². The van der Waals surface area contributed by atoms with Crippen LogP contribution in [0.5, 0.6) is 0 Å². The van der Waals surface area contributed by atoms with Gasteiger partial charge in [0, 0.05) is 19.6 Å². The Bertz CT molecular complexity index is 361. The lowest BCUT2D eigenvalue weighted by Crippen LogP contribution is -2.36. The van der Waals surface area contributed by atoms with Crippen LogP contribution in [0.3, 0.4) is 0 Å². The van der Waals surface area contributed by atoms with Gasteiger partial charge in [0.15, 0.2) is 0 Å². The van der Waals surface area contributed by atoms with Gasteiger partial charge in [-0.3, -0.25) is 0 Å². The summed E-state index contributed by atoms with van der Waals surface area (Å²) >= 11 is 0. The summed E-state index contributed by atoms with van der Waals surface area (Å²) in [5.41, 5.74) is 0.335. The highest BCUT2D eigenvalue weighted by Crippen LogP contribution is 2.39. The number of unbranched alkanes of at least 4 members (excludes halogenated alkanes) is 11. The fourth-order valence-electron chi connectivity index (χ4n) is 2.94. The van der Waals surface area contributed by atoms with Gasteiger partial charge in [-0.25, -0.2) is 0 Å². The predicted molar refractivity (Wildman–Crippen MR) is 106 cm³/mol. The van der Waals surface area contributed by atoms with Crippen molar-refractivity contribution in [3.8, 4) is 0 Å². The van der Waals surface area contributed by atoms with E-state index in [1.54, 1.807) is 0 Å². The summed E-state index contributed by atoms with van der Waals surface area (Å²) in [5, 5.41) is 0. The van der Waals surface area contributed by atoms with Gasteiger partial charge in [-0.1, -0.05) is 85.0 Å². The molecule has 0 aromatic carbocycles. The summed E-state index contributed by atoms with van der Waals surface area (Å²) in [6, 6.07) is 0. The lowest BCUT2D eigenvalue weighted by molar-refractivity contribution is -0.284. The molecular formula is C22H41F5O. The molecule has 170 valence electrons. The van der Waals surface area contributed by atoms with Crippen LogP contribution in [0, 0.1) is 5.41 Å². The van der Waals surface area contributed by atoms with Gasteiger partial charge in [-0.05, 0) is 24.7 Å². The van der Waals surface area contributed by atoms with E-state index < -0.39 is 18.5 Å². The van der Waals surface area contributed by atoms with E-state index in [2.05, 4.69) is 20.8 Å². The number of hydrogen-bond donors (Lipinski definition) is 0. The van der Waals surface area contributed by atoms with Crippen molar-refractivity contribution in [2.75, 3.05) is 13.2 Å². The third kappa shape index (κ3) is 16.6. The summed E-state index contributed by atoms with van der Waals surface area (Å²) < 4.78 is 67.1. The maximum atomic E-state index is 12.7. The molecule has 0 saturated heterocycles.